The second-order valence-electron chi connectivity index (χ2n) is 7.86. The summed E-state index contributed by atoms with van der Waals surface area (Å²) in [4.78, 5) is 26.8. The van der Waals surface area contributed by atoms with Crippen LogP contribution in [0.15, 0.2) is 35.1 Å². The molecule has 2 aromatic rings. The number of ether oxygens (including phenoxy) is 1. The number of halogens is 3. The van der Waals surface area contributed by atoms with Crippen molar-refractivity contribution in [1.82, 2.24) is 9.47 Å². The highest BCUT2D eigenvalue weighted by Crippen LogP contribution is 2.51. The van der Waals surface area contributed by atoms with Gasteiger partial charge in [0.1, 0.15) is 11.6 Å². The minimum Gasteiger partial charge on any atom is -0.452 e. The molecule has 6 nitrogen and oxygen atoms in total. The molecule has 1 N–H and O–H groups in total. The summed E-state index contributed by atoms with van der Waals surface area (Å²) in [5.41, 5.74) is -0.307. The fourth-order valence-electron chi connectivity index (χ4n) is 3.85. The number of benzene rings is 1. The summed E-state index contributed by atoms with van der Waals surface area (Å²) in [6, 6.07) is 5.85. The van der Waals surface area contributed by atoms with Gasteiger partial charge in [0.25, 0.3) is 5.56 Å². The highest BCUT2D eigenvalue weighted by Gasteiger charge is 2.46. The predicted molar refractivity (Wildman–Crippen MR) is 105 cm³/mol. The number of fused-ring (bicyclic) bond motifs is 1. The largest absolute Gasteiger partial charge is 0.452 e. The molecule has 0 bridgehead atoms. The third-order valence-corrected chi connectivity index (χ3v) is 5.49. The smallest absolute Gasteiger partial charge is 0.416 e. The molecular formula is C21H22F3N3O3. The van der Waals surface area contributed by atoms with Crippen LogP contribution in [0.1, 0.15) is 29.9 Å². The van der Waals surface area contributed by atoms with E-state index < -0.39 is 11.7 Å². The van der Waals surface area contributed by atoms with Crippen molar-refractivity contribution in [3.63, 3.8) is 0 Å². The first-order valence-electron chi connectivity index (χ1n) is 9.74. The van der Waals surface area contributed by atoms with Crippen molar-refractivity contribution in [2.24, 2.45) is 5.92 Å². The molecule has 2 atom stereocenters. The normalized spacial score (nSPS) is 20.2. The van der Waals surface area contributed by atoms with E-state index in [9.17, 15) is 22.8 Å². The van der Waals surface area contributed by atoms with E-state index in [2.05, 4.69) is 5.32 Å². The Morgan fingerprint density at radius 1 is 1.23 bits per heavy atom. The number of hydrogen-bond donors (Lipinski definition) is 1. The molecule has 1 aliphatic heterocycles. The van der Waals surface area contributed by atoms with Crippen molar-refractivity contribution >= 4 is 11.7 Å². The van der Waals surface area contributed by atoms with Crippen molar-refractivity contribution in [2.45, 2.75) is 31.5 Å². The fraction of sp³-hybridized carbons (Fsp3) is 0.429. The molecular weight excluding hydrogens is 399 g/mol. The van der Waals surface area contributed by atoms with Crippen molar-refractivity contribution in [3.05, 3.63) is 51.8 Å². The highest BCUT2D eigenvalue weighted by molar-refractivity contribution is 5.83. The van der Waals surface area contributed by atoms with Crippen LogP contribution in [0.4, 0.5) is 19.0 Å². The lowest BCUT2D eigenvalue weighted by molar-refractivity contribution is -0.137. The van der Waals surface area contributed by atoms with E-state index in [1.807, 2.05) is 0 Å². The third kappa shape index (κ3) is 3.76. The average molecular weight is 421 g/mol. The molecule has 2 heterocycles. The first kappa shape index (κ1) is 20.3. The zero-order valence-corrected chi connectivity index (χ0v) is 16.6. The zero-order chi connectivity index (χ0) is 21.6. The van der Waals surface area contributed by atoms with Crippen LogP contribution in [0, 0.1) is 5.92 Å². The van der Waals surface area contributed by atoms with Gasteiger partial charge in [0, 0.05) is 38.7 Å². The average Bonchev–Trinajstić information content (AvgIpc) is 3.50. The van der Waals surface area contributed by atoms with E-state index >= 15 is 0 Å². The quantitative estimate of drug-likeness (QED) is 0.818. The lowest BCUT2D eigenvalue weighted by atomic mass is 10.1. The molecule has 1 aromatic heterocycles. The molecule has 2 aliphatic rings. The third-order valence-electron chi connectivity index (χ3n) is 5.49. The molecule has 0 saturated heterocycles. The minimum atomic E-state index is -4.44. The van der Waals surface area contributed by atoms with E-state index in [1.165, 1.54) is 12.1 Å². The van der Waals surface area contributed by atoms with Crippen LogP contribution in [0.3, 0.4) is 0 Å². The van der Waals surface area contributed by atoms with Gasteiger partial charge in [0.05, 0.1) is 5.56 Å². The second kappa shape index (κ2) is 7.37. The Hall–Kier alpha value is -2.97. The van der Waals surface area contributed by atoms with Crippen molar-refractivity contribution in [1.29, 1.82) is 0 Å². The monoisotopic (exact) mass is 421 g/mol. The molecule has 1 aliphatic carbocycles. The first-order chi connectivity index (χ1) is 14.2. The van der Waals surface area contributed by atoms with E-state index in [4.69, 9.17) is 4.74 Å². The number of carbonyl (C=O) groups excluding carboxylic acids is 1. The molecule has 0 unspecified atom stereocenters. The molecule has 4 rings (SSSR count). The fourth-order valence-corrected chi connectivity index (χ4v) is 3.85. The first-order valence-corrected chi connectivity index (χ1v) is 9.74. The van der Waals surface area contributed by atoms with Gasteiger partial charge in [-0.3, -0.25) is 14.2 Å². The molecule has 160 valence electrons. The number of pyridine rings is 1. The standard InChI is InChI=1S/C21H22F3N3O3/c1-26(2)19(28)16-10-14(16)15-11-17(20(29)27-9-3-8-25-18(15)27)30-13-6-4-12(5-7-13)21(22,23)24/h4-7,11,14,16,25H,3,8-10H2,1-2H3/t14-,16+/m0/s1. The molecule has 30 heavy (non-hydrogen) atoms. The Kier molecular flexibility index (Phi) is 4.99. The molecule has 1 fully saturated rings. The summed E-state index contributed by atoms with van der Waals surface area (Å²) in [6.45, 7) is 1.24. The highest BCUT2D eigenvalue weighted by atomic mass is 19.4. The number of nitrogens with zero attached hydrogens (tertiary/aromatic N) is 2. The number of carbonyl (C=O) groups is 1. The van der Waals surface area contributed by atoms with Crippen LogP contribution in [0.5, 0.6) is 11.5 Å². The van der Waals surface area contributed by atoms with E-state index in [0.717, 1.165) is 30.7 Å². The summed E-state index contributed by atoms with van der Waals surface area (Å²) in [6.07, 6.45) is -2.99. The maximum Gasteiger partial charge on any atom is 0.416 e. The van der Waals surface area contributed by atoms with Gasteiger partial charge in [-0.2, -0.15) is 13.2 Å². The van der Waals surface area contributed by atoms with Gasteiger partial charge in [-0.1, -0.05) is 0 Å². The van der Waals surface area contributed by atoms with Gasteiger partial charge in [-0.15, -0.1) is 0 Å². The Morgan fingerprint density at radius 3 is 2.57 bits per heavy atom. The summed E-state index contributed by atoms with van der Waals surface area (Å²) in [7, 11) is 3.42. The lowest BCUT2D eigenvalue weighted by Gasteiger charge is -2.24. The van der Waals surface area contributed by atoms with E-state index in [1.54, 1.807) is 29.6 Å². The van der Waals surface area contributed by atoms with E-state index in [0.29, 0.717) is 18.8 Å². The summed E-state index contributed by atoms with van der Waals surface area (Å²) >= 11 is 0. The van der Waals surface area contributed by atoms with Crippen LogP contribution in [0.25, 0.3) is 0 Å². The van der Waals surface area contributed by atoms with Crippen molar-refractivity contribution in [3.8, 4) is 11.5 Å². The molecule has 0 spiro atoms. The maximum atomic E-state index is 12.9. The number of amides is 1. The molecule has 9 heteroatoms. The number of anilines is 1. The topological polar surface area (TPSA) is 63.6 Å². The van der Waals surface area contributed by atoms with Crippen LogP contribution >= 0.6 is 0 Å². The molecule has 1 amide bonds. The predicted octanol–water partition coefficient (Wildman–Crippen LogP) is 3.67. The zero-order valence-electron chi connectivity index (χ0n) is 16.6. The number of alkyl halides is 3. The van der Waals surface area contributed by atoms with E-state index in [-0.39, 0.29) is 34.8 Å². The summed E-state index contributed by atoms with van der Waals surface area (Å²) < 4.78 is 45.6. The van der Waals surface area contributed by atoms with Gasteiger partial charge >= 0.3 is 6.18 Å². The minimum absolute atomic E-state index is 0.0256. The van der Waals surface area contributed by atoms with Crippen LogP contribution in [-0.4, -0.2) is 36.0 Å². The molecule has 1 aromatic carbocycles. The Bertz CT molecular complexity index is 1030. The van der Waals surface area contributed by atoms with Gasteiger partial charge in [0.15, 0.2) is 5.75 Å². The Labute approximate surface area is 171 Å². The number of hydrogen-bond acceptors (Lipinski definition) is 4. The number of aromatic nitrogens is 1. The van der Waals surface area contributed by atoms with Gasteiger partial charge in [-0.25, -0.2) is 0 Å². The Balaban J connectivity index is 1.67. The van der Waals surface area contributed by atoms with Crippen molar-refractivity contribution < 1.29 is 22.7 Å². The Morgan fingerprint density at radius 2 is 1.93 bits per heavy atom. The van der Waals surface area contributed by atoms with Crippen LogP contribution < -0.4 is 15.6 Å². The molecule has 0 radical (unpaired) electrons. The second-order valence-corrected chi connectivity index (χ2v) is 7.86. The summed E-state index contributed by atoms with van der Waals surface area (Å²) in [5, 5.41) is 3.25. The summed E-state index contributed by atoms with van der Waals surface area (Å²) in [5.74, 6) is 0.746. The lowest BCUT2D eigenvalue weighted by Crippen LogP contribution is -2.31. The number of nitrogens with one attached hydrogen (secondary N) is 1. The SMILES string of the molecule is CN(C)C(=O)[C@@H]1C[C@H]1c1cc(Oc2ccc(C(F)(F)F)cc2)c(=O)n2c1NCCC2. The van der Waals surface area contributed by atoms with Gasteiger partial charge < -0.3 is 15.0 Å². The van der Waals surface area contributed by atoms with Crippen LogP contribution in [-0.2, 0) is 17.5 Å². The van der Waals surface area contributed by atoms with Gasteiger partial charge in [-0.05, 0) is 49.1 Å². The maximum absolute atomic E-state index is 12.9. The van der Waals surface area contributed by atoms with Crippen molar-refractivity contribution in [2.75, 3.05) is 26.0 Å². The van der Waals surface area contributed by atoms with Crippen LogP contribution in [0.2, 0.25) is 0 Å². The number of rotatable bonds is 4. The van der Waals surface area contributed by atoms with Gasteiger partial charge in [0.2, 0.25) is 5.91 Å². The molecule has 1 saturated carbocycles.